The Morgan fingerprint density at radius 3 is 2.53 bits per heavy atom. The normalized spacial score (nSPS) is 20.9. The zero-order chi connectivity index (χ0) is 35.8. The first-order valence-electron chi connectivity index (χ1n) is 17.2. The van der Waals surface area contributed by atoms with Gasteiger partial charge < -0.3 is 34.0 Å². The second kappa shape index (κ2) is 16.6. The quantitative estimate of drug-likeness (QED) is 0.160. The van der Waals surface area contributed by atoms with Gasteiger partial charge in [-0.3, -0.25) is 14.1 Å². The van der Waals surface area contributed by atoms with Crippen molar-refractivity contribution in [2.24, 2.45) is 0 Å². The molecule has 2 amide bonds. The van der Waals surface area contributed by atoms with Crippen molar-refractivity contribution < 1.29 is 42.3 Å². The third kappa shape index (κ3) is 9.22. The fraction of sp³-hybridized carbons (Fsp3) is 0.457. The highest BCUT2D eigenvalue weighted by atomic mass is 31.2. The van der Waals surface area contributed by atoms with Crippen LogP contribution >= 0.6 is 7.60 Å². The molecule has 0 bridgehead atoms. The van der Waals surface area contributed by atoms with Crippen LogP contribution in [0.4, 0.5) is 10.6 Å². The lowest BCUT2D eigenvalue weighted by atomic mass is 10.2. The third-order valence-electron chi connectivity index (χ3n) is 8.89. The Morgan fingerprint density at radius 1 is 1.02 bits per heavy atom. The predicted molar refractivity (Wildman–Crippen MR) is 186 cm³/mol. The molecule has 0 saturated carbocycles. The maximum Gasteiger partial charge on any atom is 0.527 e. The molecule has 15 nitrogen and oxygen atoms in total. The molecule has 2 fully saturated rings. The van der Waals surface area contributed by atoms with Gasteiger partial charge in [-0.15, -0.1) is 5.06 Å². The molecule has 2 aromatic carbocycles. The zero-order valence-electron chi connectivity index (χ0n) is 28.8. The molecule has 2 saturated heterocycles. The van der Waals surface area contributed by atoms with Crippen LogP contribution in [0, 0.1) is 0 Å². The summed E-state index contributed by atoms with van der Waals surface area (Å²) in [6.07, 6.45) is 1.21. The largest absolute Gasteiger partial charge is 0.527 e. The summed E-state index contributed by atoms with van der Waals surface area (Å²) in [6.45, 7) is 4.31. The number of benzene rings is 2. The topological polar surface area (TPSA) is 162 Å². The molecule has 0 radical (unpaired) electrons. The number of hydrogen-bond donors (Lipinski definition) is 1. The third-order valence-corrected chi connectivity index (χ3v) is 10.7. The summed E-state index contributed by atoms with van der Waals surface area (Å²) in [5.41, 5.74) is 1.47. The number of methoxy groups -OCH3 is 1. The molecule has 6 rings (SSSR count). The number of ether oxygens (including phenoxy) is 2. The lowest BCUT2D eigenvalue weighted by Crippen LogP contribution is -2.56. The van der Waals surface area contributed by atoms with E-state index < -0.39 is 37.8 Å². The lowest BCUT2D eigenvalue weighted by molar-refractivity contribution is -0.157. The van der Waals surface area contributed by atoms with Gasteiger partial charge in [0.05, 0.1) is 38.6 Å². The summed E-state index contributed by atoms with van der Waals surface area (Å²) in [5.74, 6) is 0.139. The zero-order valence-corrected chi connectivity index (χ0v) is 29.7. The molecule has 1 unspecified atom stereocenters. The van der Waals surface area contributed by atoms with Gasteiger partial charge in [-0.25, -0.2) is 19.3 Å². The Kier molecular flexibility index (Phi) is 11.8. The van der Waals surface area contributed by atoms with Crippen LogP contribution < -0.4 is 14.7 Å². The number of aromatic nitrogens is 2. The highest BCUT2D eigenvalue weighted by Crippen LogP contribution is 2.54. The van der Waals surface area contributed by atoms with Crippen LogP contribution in [0.25, 0.3) is 11.4 Å². The molecule has 0 spiro atoms. The van der Waals surface area contributed by atoms with Gasteiger partial charge in [0.25, 0.3) is 5.91 Å². The average Bonchev–Trinajstić information content (AvgIpc) is 3.64. The number of hydroxylamine groups is 2. The highest BCUT2D eigenvalue weighted by Gasteiger charge is 2.40. The molecular formula is C35H43N6O9P. The van der Waals surface area contributed by atoms with E-state index in [1.807, 2.05) is 48.2 Å². The molecule has 3 aromatic rings. The summed E-state index contributed by atoms with van der Waals surface area (Å²) in [6, 6.07) is 16.6. The first kappa shape index (κ1) is 36.2. The van der Waals surface area contributed by atoms with Gasteiger partial charge in [-0.2, -0.15) is 0 Å². The van der Waals surface area contributed by atoms with Crippen LogP contribution in [0.5, 0.6) is 5.75 Å². The number of nitrogens with one attached hydrogen (secondary N) is 1. The number of para-hydroxylation sites is 1. The number of fused-ring (bicyclic) bond motifs is 1. The summed E-state index contributed by atoms with van der Waals surface area (Å²) in [5, 5.41) is 4.23. The van der Waals surface area contributed by atoms with E-state index in [2.05, 4.69) is 10.3 Å². The fourth-order valence-electron chi connectivity index (χ4n) is 6.00. The molecule has 1 aromatic heterocycles. The molecule has 51 heavy (non-hydrogen) atoms. The standard InChI is InChI=1S/C35H43N6O9P/c1-3-4-20-47-35(44)49-41-18-16-39(17-19-41)34(43)29(24-51(45)48-23-26-12-8-9-13-30(26)50-51)37-33(42)28-21-31(40-15-14-27(22-40)46-2)38-32(36-28)25-10-6-5-7-11-25/h5-13,21,27,29H,3-4,14-20,22-24H2,1-2H3,(H,37,42)/t27-,29-,51?/m0/s1. The van der Waals surface area contributed by atoms with Crippen molar-refractivity contribution in [3.63, 3.8) is 0 Å². The van der Waals surface area contributed by atoms with Gasteiger partial charge in [-0.05, 0) is 18.9 Å². The highest BCUT2D eigenvalue weighted by molar-refractivity contribution is 7.54. The average molecular weight is 723 g/mol. The minimum atomic E-state index is -3.91. The number of nitrogens with zero attached hydrogens (tertiary/aromatic N) is 5. The molecule has 3 atom stereocenters. The molecule has 272 valence electrons. The van der Waals surface area contributed by atoms with E-state index in [1.165, 1.54) is 9.96 Å². The van der Waals surface area contributed by atoms with E-state index in [1.54, 1.807) is 31.4 Å². The number of unbranched alkanes of at least 4 members (excludes halogenated alkanes) is 1. The van der Waals surface area contributed by atoms with Crippen molar-refractivity contribution in [3.8, 4) is 17.1 Å². The minimum absolute atomic E-state index is 0.0230. The molecule has 3 aliphatic rings. The Bertz CT molecular complexity index is 1740. The van der Waals surface area contributed by atoms with Gasteiger partial charge >= 0.3 is 13.8 Å². The van der Waals surface area contributed by atoms with Crippen LogP contribution in [0.1, 0.15) is 42.2 Å². The second-order valence-electron chi connectivity index (χ2n) is 12.5. The summed E-state index contributed by atoms with van der Waals surface area (Å²) >= 11 is 0. The first-order chi connectivity index (χ1) is 24.7. The number of hydrogen-bond acceptors (Lipinski definition) is 13. The lowest BCUT2D eigenvalue weighted by Gasteiger charge is -2.36. The monoisotopic (exact) mass is 722 g/mol. The van der Waals surface area contributed by atoms with Crippen LogP contribution in [-0.2, 0) is 34.8 Å². The SMILES string of the molecule is CCCCOC(=O)ON1CCN(C(=O)[C@H](CP2(=O)OCc3ccccc3O2)NC(=O)c2cc(N3CC[C@H](OC)C3)nc(-c3ccccc3)n2)CC1. The van der Waals surface area contributed by atoms with Gasteiger partial charge in [-0.1, -0.05) is 61.9 Å². The fourth-order valence-corrected chi connectivity index (χ4v) is 7.74. The first-order valence-corrected chi connectivity index (χ1v) is 18.9. The van der Waals surface area contributed by atoms with Crippen molar-refractivity contribution in [3.05, 3.63) is 71.9 Å². The molecule has 16 heteroatoms. The molecule has 4 heterocycles. The van der Waals surface area contributed by atoms with E-state index in [0.717, 1.165) is 24.8 Å². The maximum absolute atomic E-state index is 14.1. The van der Waals surface area contributed by atoms with Crippen LogP contribution in [-0.4, -0.2) is 109 Å². The van der Waals surface area contributed by atoms with E-state index in [-0.39, 0.29) is 51.2 Å². The van der Waals surface area contributed by atoms with Crippen LogP contribution in [0.3, 0.4) is 0 Å². The number of amides is 2. The van der Waals surface area contributed by atoms with Gasteiger partial charge in [0, 0.05) is 50.5 Å². The number of carbonyl (C=O) groups excluding carboxylic acids is 3. The Morgan fingerprint density at radius 2 is 1.78 bits per heavy atom. The molecule has 1 N–H and O–H groups in total. The summed E-state index contributed by atoms with van der Waals surface area (Å²) < 4.78 is 36.2. The van der Waals surface area contributed by atoms with Gasteiger partial charge in [0.2, 0.25) is 5.91 Å². The van der Waals surface area contributed by atoms with Crippen molar-refractivity contribution >= 4 is 31.4 Å². The molecular weight excluding hydrogens is 679 g/mol. The number of rotatable bonds is 12. The van der Waals surface area contributed by atoms with E-state index in [0.29, 0.717) is 36.0 Å². The van der Waals surface area contributed by atoms with E-state index in [4.69, 9.17) is 28.3 Å². The van der Waals surface area contributed by atoms with Crippen molar-refractivity contribution in [1.82, 2.24) is 25.2 Å². The second-order valence-corrected chi connectivity index (χ2v) is 14.5. The molecule has 0 aliphatic carbocycles. The number of carbonyl (C=O) groups is 3. The number of piperazine rings is 1. The van der Waals surface area contributed by atoms with Crippen LogP contribution in [0.15, 0.2) is 60.7 Å². The van der Waals surface area contributed by atoms with Gasteiger partial charge in [0.15, 0.2) is 5.82 Å². The van der Waals surface area contributed by atoms with Crippen LogP contribution in [0.2, 0.25) is 0 Å². The Labute approximate surface area is 296 Å². The maximum atomic E-state index is 14.1. The van der Waals surface area contributed by atoms with Crippen molar-refractivity contribution in [2.75, 3.05) is 64.0 Å². The minimum Gasteiger partial charge on any atom is -0.433 e. The van der Waals surface area contributed by atoms with E-state index >= 15 is 0 Å². The van der Waals surface area contributed by atoms with Crippen molar-refractivity contribution in [1.29, 1.82) is 0 Å². The van der Waals surface area contributed by atoms with Crippen molar-refractivity contribution in [2.45, 2.75) is 44.9 Å². The Hall–Kier alpha value is -4.56. The molecule has 3 aliphatic heterocycles. The van der Waals surface area contributed by atoms with Gasteiger partial charge in [0.1, 0.15) is 23.3 Å². The van der Waals surface area contributed by atoms with E-state index in [9.17, 15) is 18.9 Å². The Balaban J connectivity index is 1.23. The summed E-state index contributed by atoms with van der Waals surface area (Å²) in [7, 11) is -2.24. The summed E-state index contributed by atoms with van der Waals surface area (Å²) in [4.78, 5) is 58.5. The number of anilines is 1. The predicted octanol–water partition coefficient (Wildman–Crippen LogP) is 4.28. The smallest absolute Gasteiger partial charge is 0.433 e.